The molecule has 4 rings (SSSR count). The molecule has 1 heterocycles. The molecule has 140 valence electrons. The molecule has 6 heteroatoms. The molecular weight excluding hydrogens is 358 g/mol. The fourth-order valence-electron chi connectivity index (χ4n) is 3.62. The summed E-state index contributed by atoms with van der Waals surface area (Å²) in [6.07, 6.45) is 0. The fourth-order valence-corrected chi connectivity index (χ4v) is 4.29. The molecule has 3 aromatic carbocycles. The Bertz CT molecular complexity index is 1060. The quantitative estimate of drug-likeness (QED) is 0.756. The number of fused-ring (bicyclic) bond motifs is 1. The summed E-state index contributed by atoms with van der Waals surface area (Å²) < 4.78 is 24.2. The molecule has 1 aliphatic heterocycles. The van der Waals surface area contributed by atoms with Crippen LogP contribution in [-0.2, 0) is 16.8 Å². The van der Waals surface area contributed by atoms with E-state index in [1.54, 1.807) is 0 Å². The van der Waals surface area contributed by atoms with Gasteiger partial charge in [0.05, 0.1) is 0 Å². The van der Waals surface area contributed by atoms with Crippen molar-refractivity contribution in [3.8, 4) is 11.1 Å². The van der Waals surface area contributed by atoms with E-state index >= 15 is 0 Å². The third-order valence-electron chi connectivity index (χ3n) is 5.11. The van der Waals surface area contributed by atoms with Crippen LogP contribution in [0, 0.1) is 0 Å². The van der Waals surface area contributed by atoms with Crippen LogP contribution >= 0.6 is 0 Å². The molecular formula is C21H23N3O2S. The van der Waals surface area contributed by atoms with E-state index in [9.17, 15) is 8.42 Å². The summed E-state index contributed by atoms with van der Waals surface area (Å²) in [6, 6.07) is 23.5. The third kappa shape index (κ3) is 4.20. The summed E-state index contributed by atoms with van der Waals surface area (Å²) in [5.74, 6) is 0. The van der Waals surface area contributed by atoms with Crippen LogP contribution < -0.4 is 5.14 Å². The topological polar surface area (TPSA) is 66.6 Å². The number of piperazine rings is 1. The Labute approximate surface area is 160 Å². The average Bonchev–Trinajstić information content (AvgIpc) is 2.67. The van der Waals surface area contributed by atoms with Gasteiger partial charge in [0, 0.05) is 32.7 Å². The van der Waals surface area contributed by atoms with Crippen molar-refractivity contribution in [1.82, 2.24) is 9.21 Å². The Hall–Kier alpha value is -2.25. The zero-order chi connectivity index (χ0) is 18.9. The standard InChI is InChI=1S/C21H23N3O2S/c22-27(25,26)24-12-10-23(11-13-24)16-17-4-3-7-19(14-17)21-9-8-18-5-1-2-6-20(18)15-21/h1-9,14-15H,10-13,16H2,(H2,22,25,26). The first-order valence-electron chi connectivity index (χ1n) is 9.07. The Morgan fingerprint density at radius 3 is 2.22 bits per heavy atom. The van der Waals surface area contributed by atoms with Crippen molar-refractivity contribution in [1.29, 1.82) is 0 Å². The van der Waals surface area contributed by atoms with Gasteiger partial charge in [-0.3, -0.25) is 4.90 Å². The predicted molar refractivity (Wildman–Crippen MR) is 109 cm³/mol. The lowest BCUT2D eigenvalue weighted by atomic mass is 9.99. The summed E-state index contributed by atoms with van der Waals surface area (Å²) in [5, 5.41) is 7.69. The molecule has 0 atom stereocenters. The molecule has 0 radical (unpaired) electrons. The van der Waals surface area contributed by atoms with Gasteiger partial charge < -0.3 is 0 Å². The second kappa shape index (κ2) is 7.40. The Morgan fingerprint density at radius 1 is 0.778 bits per heavy atom. The number of benzene rings is 3. The molecule has 1 aliphatic rings. The molecule has 27 heavy (non-hydrogen) atoms. The molecule has 2 N–H and O–H groups in total. The van der Waals surface area contributed by atoms with Gasteiger partial charge in [-0.15, -0.1) is 0 Å². The normalized spacial score (nSPS) is 16.6. The van der Waals surface area contributed by atoms with Crippen LogP contribution in [0.15, 0.2) is 66.7 Å². The van der Waals surface area contributed by atoms with E-state index in [2.05, 4.69) is 71.6 Å². The third-order valence-corrected chi connectivity index (χ3v) is 6.19. The molecule has 5 nitrogen and oxygen atoms in total. The Balaban J connectivity index is 1.49. The van der Waals surface area contributed by atoms with Crippen LogP contribution in [0.5, 0.6) is 0 Å². The zero-order valence-electron chi connectivity index (χ0n) is 15.1. The first-order chi connectivity index (χ1) is 13.0. The maximum atomic E-state index is 11.4. The van der Waals surface area contributed by atoms with E-state index in [0.29, 0.717) is 26.2 Å². The van der Waals surface area contributed by atoms with Gasteiger partial charge in [-0.05, 0) is 39.6 Å². The van der Waals surface area contributed by atoms with Gasteiger partial charge in [-0.1, -0.05) is 54.6 Å². The van der Waals surface area contributed by atoms with Crippen LogP contribution in [0.25, 0.3) is 21.9 Å². The van der Waals surface area contributed by atoms with E-state index in [1.807, 2.05) is 0 Å². The van der Waals surface area contributed by atoms with Crippen LogP contribution in [0.2, 0.25) is 0 Å². The highest BCUT2D eigenvalue weighted by Gasteiger charge is 2.23. The lowest BCUT2D eigenvalue weighted by Crippen LogP contribution is -2.50. The minimum absolute atomic E-state index is 0.448. The van der Waals surface area contributed by atoms with Gasteiger partial charge in [0.2, 0.25) is 0 Å². The highest BCUT2D eigenvalue weighted by molar-refractivity contribution is 7.86. The molecule has 0 unspecified atom stereocenters. The summed E-state index contributed by atoms with van der Waals surface area (Å²) in [6.45, 7) is 3.08. The van der Waals surface area contributed by atoms with Crippen molar-refractivity contribution in [3.05, 3.63) is 72.3 Å². The highest BCUT2D eigenvalue weighted by atomic mass is 32.2. The first-order valence-corrected chi connectivity index (χ1v) is 10.6. The summed E-state index contributed by atoms with van der Waals surface area (Å²) >= 11 is 0. The number of nitrogens with two attached hydrogens (primary N) is 1. The zero-order valence-corrected chi connectivity index (χ0v) is 15.9. The molecule has 1 fully saturated rings. The molecule has 3 aromatic rings. The van der Waals surface area contributed by atoms with Gasteiger partial charge in [0.15, 0.2) is 0 Å². The minimum Gasteiger partial charge on any atom is -0.296 e. The van der Waals surface area contributed by atoms with E-state index in [1.165, 1.54) is 31.8 Å². The summed E-state index contributed by atoms with van der Waals surface area (Å²) in [4.78, 5) is 2.27. The number of hydrogen-bond acceptors (Lipinski definition) is 3. The van der Waals surface area contributed by atoms with Gasteiger partial charge in [-0.2, -0.15) is 12.7 Å². The Kier molecular flexibility index (Phi) is 4.97. The lowest BCUT2D eigenvalue weighted by molar-refractivity contribution is 0.181. The smallest absolute Gasteiger partial charge is 0.276 e. The van der Waals surface area contributed by atoms with Crippen molar-refractivity contribution in [2.75, 3.05) is 26.2 Å². The first kappa shape index (κ1) is 18.1. The number of nitrogens with zero attached hydrogens (tertiary/aromatic N) is 2. The average molecular weight is 382 g/mol. The number of rotatable bonds is 4. The van der Waals surface area contributed by atoms with Gasteiger partial charge in [-0.25, -0.2) is 5.14 Å². The predicted octanol–water partition coefficient (Wildman–Crippen LogP) is 2.83. The van der Waals surface area contributed by atoms with Crippen LogP contribution in [0.1, 0.15) is 5.56 Å². The van der Waals surface area contributed by atoms with Crippen LogP contribution in [0.4, 0.5) is 0 Å². The molecule has 1 saturated heterocycles. The second-order valence-electron chi connectivity index (χ2n) is 6.98. The molecule has 0 amide bonds. The molecule has 0 saturated carbocycles. The maximum absolute atomic E-state index is 11.4. The van der Waals surface area contributed by atoms with Crippen molar-refractivity contribution >= 4 is 21.0 Å². The monoisotopic (exact) mass is 381 g/mol. The maximum Gasteiger partial charge on any atom is 0.276 e. The lowest BCUT2D eigenvalue weighted by Gasteiger charge is -2.32. The van der Waals surface area contributed by atoms with Crippen molar-refractivity contribution in [3.63, 3.8) is 0 Å². The molecule has 0 aromatic heterocycles. The van der Waals surface area contributed by atoms with E-state index < -0.39 is 10.2 Å². The van der Waals surface area contributed by atoms with Gasteiger partial charge in [0.25, 0.3) is 10.2 Å². The van der Waals surface area contributed by atoms with Crippen LogP contribution in [0.3, 0.4) is 0 Å². The summed E-state index contributed by atoms with van der Waals surface area (Å²) in [7, 11) is -3.58. The Morgan fingerprint density at radius 2 is 1.48 bits per heavy atom. The highest BCUT2D eigenvalue weighted by Crippen LogP contribution is 2.25. The van der Waals surface area contributed by atoms with Crippen molar-refractivity contribution in [2.24, 2.45) is 5.14 Å². The van der Waals surface area contributed by atoms with E-state index in [0.717, 1.165) is 6.54 Å². The molecule has 0 spiro atoms. The van der Waals surface area contributed by atoms with Crippen molar-refractivity contribution < 1.29 is 8.42 Å². The van der Waals surface area contributed by atoms with Crippen molar-refractivity contribution in [2.45, 2.75) is 6.54 Å². The molecule has 0 aliphatic carbocycles. The van der Waals surface area contributed by atoms with E-state index in [-0.39, 0.29) is 0 Å². The SMILES string of the molecule is NS(=O)(=O)N1CCN(Cc2cccc(-c3ccc4ccccc4c3)c2)CC1. The second-order valence-corrected chi connectivity index (χ2v) is 8.53. The van der Waals surface area contributed by atoms with Gasteiger partial charge in [0.1, 0.15) is 0 Å². The fraction of sp³-hybridized carbons (Fsp3) is 0.238. The largest absolute Gasteiger partial charge is 0.296 e. The minimum atomic E-state index is -3.58. The summed E-state index contributed by atoms with van der Waals surface area (Å²) in [5.41, 5.74) is 3.63. The van der Waals surface area contributed by atoms with Gasteiger partial charge >= 0.3 is 0 Å². The molecule has 0 bridgehead atoms. The van der Waals surface area contributed by atoms with Crippen LogP contribution in [-0.4, -0.2) is 43.8 Å². The van der Waals surface area contributed by atoms with E-state index in [4.69, 9.17) is 5.14 Å². The number of hydrogen-bond donors (Lipinski definition) is 1.